The van der Waals surface area contributed by atoms with Crippen LogP contribution >= 0.6 is 0 Å². The predicted molar refractivity (Wildman–Crippen MR) is 80.7 cm³/mol. The maximum atomic E-state index is 3.55. The number of hydrogen-bond acceptors (Lipinski definition) is 1. The van der Waals surface area contributed by atoms with E-state index in [0.717, 1.165) is 0 Å². The van der Waals surface area contributed by atoms with Gasteiger partial charge in [-0.3, -0.25) is 0 Å². The third-order valence-electron chi connectivity index (χ3n) is 3.74. The molecule has 1 aliphatic rings. The highest BCUT2D eigenvalue weighted by Crippen LogP contribution is 2.29. The first kappa shape index (κ1) is 12.0. The largest absolute Gasteiger partial charge is 0.384 e. The molecule has 2 aromatic rings. The monoisotopic (exact) mass is 249 g/mol. The van der Waals surface area contributed by atoms with Crippen molar-refractivity contribution < 1.29 is 0 Å². The summed E-state index contributed by atoms with van der Waals surface area (Å²) in [7, 11) is 0. The van der Waals surface area contributed by atoms with Gasteiger partial charge in [-0.1, -0.05) is 54.6 Å². The highest BCUT2D eigenvalue weighted by atomic mass is 14.9. The zero-order chi connectivity index (χ0) is 12.9. The first-order valence-corrected chi connectivity index (χ1v) is 6.99. The number of aryl methyl sites for hydroxylation is 1. The fourth-order valence-electron chi connectivity index (χ4n) is 2.75. The van der Waals surface area contributed by atoms with Crippen LogP contribution < -0.4 is 5.32 Å². The van der Waals surface area contributed by atoms with E-state index in [-0.39, 0.29) is 0 Å². The molecule has 0 bridgehead atoms. The first-order valence-electron chi connectivity index (χ1n) is 6.99. The minimum absolute atomic E-state index is 0.463. The van der Waals surface area contributed by atoms with E-state index in [9.17, 15) is 0 Å². The maximum Gasteiger partial charge on any atom is 0.0511 e. The second-order valence-corrected chi connectivity index (χ2v) is 5.05. The van der Waals surface area contributed by atoms with Crippen molar-refractivity contribution in [2.24, 2.45) is 0 Å². The maximum absolute atomic E-state index is 3.55. The molecule has 96 valence electrons. The van der Waals surface area contributed by atoms with E-state index in [1.807, 2.05) is 6.07 Å². The molecule has 1 aliphatic carbocycles. The van der Waals surface area contributed by atoms with Crippen LogP contribution in [0.15, 0.2) is 60.8 Å². The average molecular weight is 249 g/mol. The number of rotatable bonds is 3. The molecule has 0 fully saturated rings. The summed E-state index contributed by atoms with van der Waals surface area (Å²) in [5.41, 5.74) is 4.20. The third kappa shape index (κ3) is 2.87. The van der Waals surface area contributed by atoms with Crippen LogP contribution in [-0.2, 0) is 6.42 Å². The van der Waals surface area contributed by atoms with Crippen molar-refractivity contribution in [3.63, 3.8) is 0 Å². The van der Waals surface area contributed by atoms with Gasteiger partial charge in [0, 0.05) is 0 Å². The summed E-state index contributed by atoms with van der Waals surface area (Å²) >= 11 is 0. The fraction of sp³-hybridized carbons (Fsp3) is 0.222. The summed E-state index contributed by atoms with van der Waals surface area (Å²) < 4.78 is 0. The van der Waals surface area contributed by atoms with Gasteiger partial charge in [-0.2, -0.15) is 0 Å². The lowest BCUT2D eigenvalue weighted by Crippen LogP contribution is -2.20. The second kappa shape index (κ2) is 5.75. The number of benzene rings is 2. The van der Waals surface area contributed by atoms with Crippen molar-refractivity contribution in [2.45, 2.75) is 25.3 Å². The molecule has 0 aromatic heterocycles. The minimum atomic E-state index is 0.463. The minimum Gasteiger partial charge on any atom is -0.384 e. The molecule has 0 aliphatic heterocycles. The fourth-order valence-corrected chi connectivity index (χ4v) is 2.75. The van der Waals surface area contributed by atoms with Gasteiger partial charge in [-0.15, -0.1) is 0 Å². The molecule has 19 heavy (non-hydrogen) atoms. The third-order valence-corrected chi connectivity index (χ3v) is 3.74. The Morgan fingerprint density at radius 2 is 1.74 bits per heavy atom. The summed E-state index contributed by atoms with van der Waals surface area (Å²) in [6.45, 7) is 0. The molecule has 1 nitrogen and oxygen atoms in total. The van der Waals surface area contributed by atoms with Crippen LogP contribution in [0.1, 0.15) is 35.6 Å². The van der Waals surface area contributed by atoms with Crippen molar-refractivity contribution in [1.29, 1.82) is 0 Å². The van der Waals surface area contributed by atoms with Gasteiger partial charge in [-0.25, -0.2) is 0 Å². The van der Waals surface area contributed by atoms with Crippen LogP contribution in [-0.4, -0.2) is 0 Å². The molecule has 0 saturated heterocycles. The predicted octanol–water partition coefficient (Wildman–Crippen LogP) is 4.32. The lowest BCUT2D eigenvalue weighted by Gasteiger charge is -2.25. The van der Waals surface area contributed by atoms with Crippen LogP contribution in [0.4, 0.5) is 0 Å². The van der Waals surface area contributed by atoms with Crippen LogP contribution in [0.5, 0.6) is 0 Å². The van der Waals surface area contributed by atoms with E-state index in [2.05, 4.69) is 66.1 Å². The van der Waals surface area contributed by atoms with Crippen molar-refractivity contribution in [3.05, 3.63) is 77.5 Å². The summed E-state index contributed by atoms with van der Waals surface area (Å²) in [5.74, 6) is 0. The number of hydrogen-bond donors (Lipinski definition) is 1. The van der Waals surface area contributed by atoms with Crippen molar-refractivity contribution >= 4 is 6.08 Å². The van der Waals surface area contributed by atoms with Gasteiger partial charge in [0.1, 0.15) is 0 Å². The van der Waals surface area contributed by atoms with Gasteiger partial charge >= 0.3 is 0 Å². The smallest absolute Gasteiger partial charge is 0.0511 e. The first-order chi connectivity index (χ1) is 9.43. The van der Waals surface area contributed by atoms with E-state index < -0.39 is 0 Å². The van der Waals surface area contributed by atoms with E-state index in [0.29, 0.717) is 6.04 Å². The lowest BCUT2D eigenvalue weighted by molar-refractivity contribution is 0.514. The van der Waals surface area contributed by atoms with Gasteiger partial charge in [0.25, 0.3) is 0 Å². The zero-order valence-corrected chi connectivity index (χ0v) is 11.0. The average Bonchev–Trinajstić information content (AvgIpc) is 2.49. The Hall–Kier alpha value is -2.02. The zero-order valence-electron chi connectivity index (χ0n) is 11.0. The Morgan fingerprint density at radius 3 is 2.63 bits per heavy atom. The Kier molecular flexibility index (Phi) is 3.64. The molecule has 0 saturated carbocycles. The van der Waals surface area contributed by atoms with E-state index in [1.54, 1.807) is 0 Å². The highest BCUT2D eigenvalue weighted by Gasteiger charge is 2.17. The summed E-state index contributed by atoms with van der Waals surface area (Å²) in [5, 5.41) is 3.55. The molecule has 0 heterocycles. The Morgan fingerprint density at radius 1 is 0.947 bits per heavy atom. The van der Waals surface area contributed by atoms with E-state index in [4.69, 9.17) is 0 Å². The summed E-state index contributed by atoms with van der Waals surface area (Å²) in [6.07, 6.45) is 7.93. The molecule has 1 heteroatoms. The molecule has 1 N–H and O–H groups in total. The van der Waals surface area contributed by atoms with Crippen molar-refractivity contribution in [3.8, 4) is 0 Å². The van der Waals surface area contributed by atoms with Crippen LogP contribution in [0.2, 0.25) is 0 Å². The molecular weight excluding hydrogens is 230 g/mol. The van der Waals surface area contributed by atoms with Crippen LogP contribution in [0.3, 0.4) is 0 Å². The molecule has 0 spiro atoms. The van der Waals surface area contributed by atoms with Gasteiger partial charge < -0.3 is 5.32 Å². The normalized spacial score (nSPS) is 18.2. The SMILES string of the molecule is C(=Cc1ccccc1)NC1CCCc2ccccc21. The van der Waals surface area contributed by atoms with Crippen LogP contribution in [0, 0.1) is 0 Å². The summed E-state index contributed by atoms with van der Waals surface area (Å²) in [4.78, 5) is 0. The van der Waals surface area contributed by atoms with E-state index >= 15 is 0 Å². The Bertz CT molecular complexity index is 557. The molecule has 0 amide bonds. The molecule has 2 aromatic carbocycles. The molecule has 3 rings (SSSR count). The van der Waals surface area contributed by atoms with E-state index in [1.165, 1.54) is 36.0 Å². The number of nitrogens with one attached hydrogen (secondary N) is 1. The highest BCUT2D eigenvalue weighted by molar-refractivity contribution is 5.48. The molecule has 0 radical (unpaired) electrons. The van der Waals surface area contributed by atoms with Crippen LogP contribution in [0.25, 0.3) is 6.08 Å². The van der Waals surface area contributed by atoms with Gasteiger partial charge in [0.2, 0.25) is 0 Å². The van der Waals surface area contributed by atoms with Gasteiger partial charge in [0.05, 0.1) is 6.04 Å². The Labute approximate surface area is 115 Å². The Balaban J connectivity index is 1.70. The van der Waals surface area contributed by atoms with Gasteiger partial charge in [-0.05, 0) is 48.2 Å². The quantitative estimate of drug-likeness (QED) is 0.854. The van der Waals surface area contributed by atoms with Crippen molar-refractivity contribution in [2.75, 3.05) is 0 Å². The standard InChI is InChI=1S/C18H19N/c1-2-7-15(8-3-1)13-14-19-18-12-6-10-16-9-4-5-11-17(16)18/h1-5,7-9,11,13-14,18-19H,6,10,12H2. The molecule has 1 unspecified atom stereocenters. The second-order valence-electron chi connectivity index (χ2n) is 5.05. The molecular formula is C18H19N. The lowest BCUT2D eigenvalue weighted by atomic mass is 9.88. The van der Waals surface area contributed by atoms with Crippen molar-refractivity contribution in [1.82, 2.24) is 5.32 Å². The van der Waals surface area contributed by atoms with Gasteiger partial charge in [0.15, 0.2) is 0 Å². The molecule has 1 atom stereocenters. The topological polar surface area (TPSA) is 12.0 Å². The number of fused-ring (bicyclic) bond motifs is 1. The summed E-state index contributed by atoms with van der Waals surface area (Å²) in [6, 6.07) is 19.7.